The molecule has 0 radical (unpaired) electrons. The van der Waals surface area contributed by atoms with E-state index in [4.69, 9.17) is 5.73 Å². The van der Waals surface area contributed by atoms with Crippen LogP contribution in [0.5, 0.6) is 0 Å². The van der Waals surface area contributed by atoms with Gasteiger partial charge in [0.1, 0.15) is 0 Å². The number of aryl methyl sites for hydroxylation is 1. The molecule has 0 aliphatic carbocycles. The van der Waals surface area contributed by atoms with Crippen molar-refractivity contribution in [3.63, 3.8) is 0 Å². The van der Waals surface area contributed by atoms with Crippen molar-refractivity contribution < 1.29 is 0 Å². The molecule has 90 valence electrons. The number of nitrogens with zero attached hydrogens (tertiary/aromatic N) is 2. The van der Waals surface area contributed by atoms with E-state index in [0.29, 0.717) is 0 Å². The van der Waals surface area contributed by atoms with E-state index in [1.165, 1.54) is 5.69 Å². The highest BCUT2D eigenvalue weighted by molar-refractivity contribution is 7.09. The highest BCUT2D eigenvalue weighted by Crippen LogP contribution is 2.19. The van der Waals surface area contributed by atoms with Gasteiger partial charge < -0.3 is 10.6 Å². The zero-order chi connectivity index (χ0) is 12.3. The average molecular weight is 247 g/mol. The predicted molar refractivity (Wildman–Crippen MR) is 74.4 cm³/mol. The molecule has 0 amide bonds. The second-order valence-corrected chi connectivity index (χ2v) is 5.03. The van der Waals surface area contributed by atoms with Crippen LogP contribution < -0.4 is 10.6 Å². The molecule has 0 aliphatic heterocycles. The number of thiazole rings is 1. The summed E-state index contributed by atoms with van der Waals surface area (Å²) in [5, 5.41) is 3.24. The summed E-state index contributed by atoms with van der Waals surface area (Å²) < 4.78 is 0. The maximum Gasteiger partial charge on any atom is 0.0898 e. The van der Waals surface area contributed by atoms with Gasteiger partial charge in [-0.05, 0) is 38.1 Å². The van der Waals surface area contributed by atoms with Crippen LogP contribution in [0.15, 0.2) is 29.6 Å². The normalized spacial score (nSPS) is 10.5. The molecule has 0 saturated carbocycles. The van der Waals surface area contributed by atoms with E-state index in [0.717, 1.165) is 29.5 Å². The van der Waals surface area contributed by atoms with Crippen LogP contribution in [0.25, 0.3) is 0 Å². The first-order valence-corrected chi connectivity index (χ1v) is 6.58. The molecular formula is C13H17N3S. The fraction of sp³-hybridized carbons (Fsp3) is 0.308. The zero-order valence-corrected chi connectivity index (χ0v) is 11.0. The lowest BCUT2D eigenvalue weighted by Gasteiger charge is -2.22. The van der Waals surface area contributed by atoms with Gasteiger partial charge in [0.2, 0.25) is 0 Å². The summed E-state index contributed by atoms with van der Waals surface area (Å²) in [6.45, 7) is 5.99. The minimum Gasteiger partial charge on any atom is -0.399 e. The third kappa shape index (κ3) is 2.97. The molecule has 2 N–H and O–H groups in total. The van der Waals surface area contributed by atoms with Crippen LogP contribution in [-0.2, 0) is 6.54 Å². The van der Waals surface area contributed by atoms with Crippen molar-refractivity contribution in [3.05, 3.63) is 40.3 Å². The summed E-state index contributed by atoms with van der Waals surface area (Å²) in [4.78, 5) is 6.78. The molecule has 1 aromatic heterocycles. The lowest BCUT2D eigenvalue weighted by atomic mass is 10.2. The van der Waals surface area contributed by atoms with Gasteiger partial charge in [-0.2, -0.15) is 0 Å². The standard InChI is InChI=1S/C13H17N3S/c1-3-16(8-12-9-17-10(2)15-12)13-6-4-11(14)5-7-13/h4-7,9H,3,8,14H2,1-2H3. The van der Waals surface area contributed by atoms with Crippen LogP contribution in [-0.4, -0.2) is 11.5 Å². The van der Waals surface area contributed by atoms with Gasteiger partial charge in [0.05, 0.1) is 17.2 Å². The minimum absolute atomic E-state index is 0.800. The lowest BCUT2D eigenvalue weighted by molar-refractivity contribution is 0.813. The molecule has 1 aromatic carbocycles. The molecule has 0 atom stereocenters. The van der Waals surface area contributed by atoms with Crippen LogP contribution in [0, 0.1) is 6.92 Å². The third-order valence-electron chi connectivity index (χ3n) is 2.66. The molecule has 0 bridgehead atoms. The van der Waals surface area contributed by atoms with E-state index in [1.807, 2.05) is 19.1 Å². The Labute approximate surface area is 106 Å². The Hall–Kier alpha value is -1.55. The molecule has 2 rings (SSSR count). The first kappa shape index (κ1) is 11.9. The number of hydrogen-bond donors (Lipinski definition) is 1. The van der Waals surface area contributed by atoms with Gasteiger partial charge in [-0.15, -0.1) is 11.3 Å². The number of hydrogen-bond acceptors (Lipinski definition) is 4. The molecule has 3 nitrogen and oxygen atoms in total. The van der Waals surface area contributed by atoms with E-state index in [-0.39, 0.29) is 0 Å². The van der Waals surface area contributed by atoms with Crippen LogP contribution >= 0.6 is 11.3 Å². The minimum atomic E-state index is 0.800. The Balaban J connectivity index is 2.13. The van der Waals surface area contributed by atoms with Gasteiger partial charge >= 0.3 is 0 Å². The fourth-order valence-corrected chi connectivity index (χ4v) is 2.35. The van der Waals surface area contributed by atoms with Crippen LogP contribution in [0.4, 0.5) is 11.4 Å². The summed E-state index contributed by atoms with van der Waals surface area (Å²) >= 11 is 1.70. The molecule has 4 heteroatoms. The van der Waals surface area contributed by atoms with Crippen molar-refractivity contribution in [1.82, 2.24) is 4.98 Å². The monoisotopic (exact) mass is 247 g/mol. The number of anilines is 2. The van der Waals surface area contributed by atoms with E-state index in [2.05, 4.69) is 34.3 Å². The predicted octanol–water partition coefficient (Wildman–Crippen LogP) is 3.06. The summed E-state index contributed by atoms with van der Waals surface area (Å²) in [5.41, 5.74) is 8.81. The van der Waals surface area contributed by atoms with Crippen molar-refractivity contribution in [2.24, 2.45) is 0 Å². The fourth-order valence-electron chi connectivity index (χ4n) is 1.75. The molecule has 0 spiro atoms. The van der Waals surface area contributed by atoms with E-state index in [1.54, 1.807) is 11.3 Å². The van der Waals surface area contributed by atoms with Crippen LogP contribution in [0.3, 0.4) is 0 Å². The van der Waals surface area contributed by atoms with Crippen molar-refractivity contribution in [2.45, 2.75) is 20.4 Å². The highest BCUT2D eigenvalue weighted by Gasteiger charge is 2.07. The van der Waals surface area contributed by atoms with Crippen molar-refractivity contribution in [2.75, 3.05) is 17.2 Å². The van der Waals surface area contributed by atoms with Gasteiger partial charge in [0, 0.05) is 23.3 Å². The Morgan fingerprint density at radius 2 is 2.00 bits per heavy atom. The Kier molecular flexibility index (Phi) is 3.64. The smallest absolute Gasteiger partial charge is 0.0898 e. The maximum absolute atomic E-state index is 5.69. The van der Waals surface area contributed by atoms with E-state index in [9.17, 15) is 0 Å². The summed E-state index contributed by atoms with van der Waals surface area (Å²) in [7, 11) is 0. The number of aromatic nitrogens is 1. The first-order valence-electron chi connectivity index (χ1n) is 5.70. The molecule has 0 unspecified atom stereocenters. The van der Waals surface area contributed by atoms with Crippen molar-refractivity contribution in [3.8, 4) is 0 Å². The van der Waals surface area contributed by atoms with E-state index < -0.39 is 0 Å². The quantitative estimate of drug-likeness (QED) is 0.844. The van der Waals surface area contributed by atoms with Crippen molar-refractivity contribution >= 4 is 22.7 Å². The van der Waals surface area contributed by atoms with Crippen LogP contribution in [0.1, 0.15) is 17.6 Å². The zero-order valence-electron chi connectivity index (χ0n) is 10.2. The third-order valence-corrected chi connectivity index (χ3v) is 3.48. The van der Waals surface area contributed by atoms with Gasteiger partial charge in [-0.3, -0.25) is 0 Å². The summed E-state index contributed by atoms with van der Waals surface area (Å²) in [6.07, 6.45) is 0. The molecule has 17 heavy (non-hydrogen) atoms. The molecule has 2 aromatic rings. The molecule has 0 saturated heterocycles. The van der Waals surface area contributed by atoms with Gasteiger partial charge in [0.15, 0.2) is 0 Å². The molecule has 0 aliphatic rings. The lowest BCUT2D eigenvalue weighted by Crippen LogP contribution is -2.22. The van der Waals surface area contributed by atoms with Crippen molar-refractivity contribution in [1.29, 1.82) is 0 Å². The highest BCUT2D eigenvalue weighted by atomic mass is 32.1. The molecule has 1 heterocycles. The second kappa shape index (κ2) is 5.19. The molecular weight excluding hydrogens is 230 g/mol. The average Bonchev–Trinajstić information content (AvgIpc) is 2.73. The second-order valence-electron chi connectivity index (χ2n) is 3.96. The first-order chi connectivity index (χ1) is 8.19. The summed E-state index contributed by atoms with van der Waals surface area (Å²) in [5.74, 6) is 0. The van der Waals surface area contributed by atoms with Gasteiger partial charge in [-0.25, -0.2) is 4.98 Å². The Bertz CT molecular complexity index is 476. The largest absolute Gasteiger partial charge is 0.399 e. The topological polar surface area (TPSA) is 42.2 Å². The number of rotatable bonds is 4. The number of benzene rings is 1. The van der Waals surface area contributed by atoms with E-state index >= 15 is 0 Å². The Morgan fingerprint density at radius 1 is 1.29 bits per heavy atom. The van der Waals surface area contributed by atoms with Crippen LogP contribution in [0.2, 0.25) is 0 Å². The Morgan fingerprint density at radius 3 is 2.53 bits per heavy atom. The maximum atomic E-state index is 5.69. The molecule has 0 fully saturated rings. The number of nitrogens with two attached hydrogens (primary N) is 1. The summed E-state index contributed by atoms with van der Waals surface area (Å²) in [6, 6.07) is 7.98. The number of nitrogen functional groups attached to an aromatic ring is 1. The SMILES string of the molecule is CCN(Cc1csc(C)n1)c1ccc(N)cc1. The van der Waals surface area contributed by atoms with Gasteiger partial charge in [-0.1, -0.05) is 0 Å². The van der Waals surface area contributed by atoms with Gasteiger partial charge in [0.25, 0.3) is 0 Å².